The molecule has 5 saturated carbocycles. The second-order valence-electron chi connectivity index (χ2n) is 9.65. The van der Waals surface area contributed by atoms with Crippen molar-refractivity contribution in [3.63, 3.8) is 0 Å². The van der Waals surface area contributed by atoms with Crippen molar-refractivity contribution in [3.05, 3.63) is 28.7 Å². The molecule has 5 aliphatic carbocycles. The molecular weight excluding hydrogens is 470 g/mol. The molecule has 162 valence electrons. The smallest absolute Gasteiger partial charge is 0.247 e. The van der Waals surface area contributed by atoms with Crippen LogP contribution in [0.1, 0.15) is 44.9 Å². The van der Waals surface area contributed by atoms with Gasteiger partial charge in [0.15, 0.2) is 0 Å². The Balaban J connectivity index is 1.39. The molecule has 0 aromatic heterocycles. The van der Waals surface area contributed by atoms with Crippen molar-refractivity contribution in [2.24, 2.45) is 28.9 Å². The van der Waals surface area contributed by atoms with E-state index >= 15 is 0 Å². The highest BCUT2D eigenvalue weighted by Gasteiger charge is 2.61. The first-order chi connectivity index (χ1) is 14.3. The first-order valence-corrected chi connectivity index (χ1v) is 12.5. The van der Waals surface area contributed by atoms with E-state index in [2.05, 4.69) is 21.2 Å². The van der Waals surface area contributed by atoms with Crippen LogP contribution in [0.4, 0.5) is 5.69 Å². The maximum atomic E-state index is 13.4. The summed E-state index contributed by atoms with van der Waals surface area (Å²) in [5.41, 5.74) is 4.78. The fraction of sp³-hybridized carbons (Fsp3) is 0.619. The molecule has 6 rings (SSSR count). The topological polar surface area (TPSA) is 110 Å². The van der Waals surface area contributed by atoms with Crippen LogP contribution in [0.3, 0.4) is 0 Å². The Labute approximate surface area is 186 Å². The molecule has 0 aliphatic heterocycles. The minimum absolute atomic E-state index is 0.00963. The van der Waals surface area contributed by atoms with Crippen LogP contribution < -0.4 is 15.4 Å². The largest absolute Gasteiger partial charge is 0.369 e. The monoisotopic (exact) mass is 495 g/mol. The van der Waals surface area contributed by atoms with Crippen molar-refractivity contribution in [1.82, 2.24) is 5.32 Å². The molecule has 7 nitrogen and oxygen atoms in total. The number of amides is 2. The predicted octanol–water partition coefficient (Wildman–Crippen LogP) is 2.11. The summed E-state index contributed by atoms with van der Waals surface area (Å²) >= 11 is 3.42. The van der Waals surface area contributed by atoms with Crippen LogP contribution in [0.2, 0.25) is 0 Å². The summed E-state index contributed by atoms with van der Waals surface area (Å²) < 4.78 is 26.3. The molecule has 3 N–H and O–H groups in total. The number of primary amides is 1. The summed E-state index contributed by atoms with van der Waals surface area (Å²) in [5.74, 6) is 0.561. The van der Waals surface area contributed by atoms with Gasteiger partial charge in [0.25, 0.3) is 0 Å². The number of nitrogens with zero attached hydrogens (tertiary/aromatic N) is 1. The molecule has 5 aliphatic rings. The molecule has 0 saturated heterocycles. The normalized spacial score (nSPS) is 35.3. The number of hydrogen-bond donors (Lipinski definition) is 3. The minimum atomic E-state index is -2.98. The Morgan fingerprint density at radius 2 is 1.73 bits per heavy atom. The van der Waals surface area contributed by atoms with Gasteiger partial charge < -0.3 is 11.1 Å². The van der Waals surface area contributed by atoms with Gasteiger partial charge in [0.2, 0.25) is 22.7 Å². The van der Waals surface area contributed by atoms with Gasteiger partial charge in [0.1, 0.15) is 5.54 Å². The predicted molar refractivity (Wildman–Crippen MR) is 116 cm³/mol. The van der Waals surface area contributed by atoms with Crippen LogP contribution in [0.5, 0.6) is 0 Å². The van der Waals surface area contributed by atoms with E-state index in [9.17, 15) is 18.0 Å². The quantitative estimate of drug-likeness (QED) is 0.524. The van der Waals surface area contributed by atoms with Crippen LogP contribution in [0.15, 0.2) is 28.7 Å². The van der Waals surface area contributed by atoms with Gasteiger partial charge in [-0.1, -0.05) is 12.1 Å². The van der Waals surface area contributed by atoms with Crippen LogP contribution >= 0.6 is 15.9 Å². The Kier molecular flexibility index (Phi) is 4.70. The van der Waals surface area contributed by atoms with Gasteiger partial charge in [0.05, 0.1) is 5.69 Å². The number of anilines is 1. The van der Waals surface area contributed by atoms with Crippen LogP contribution in [-0.2, 0) is 20.5 Å². The first kappa shape index (κ1) is 20.3. The van der Waals surface area contributed by atoms with Gasteiger partial charge in [-0.2, -0.15) is 0 Å². The van der Waals surface area contributed by atoms with Crippen molar-refractivity contribution in [2.45, 2.75) is 56.5 Å². The maximum Gasteiger partial charge on any atom is 0.247 e. The molecule has 5 fully saturated rings. The fourth-order valence-corrected chi connectivity index (χ4v) is 8.15. The Morgan fingerprint density at radius 3 is 2.27 bits per heavy atom. The number of benzene rings is 1. The van der Waals surface area contributed by atoms with Crippen molar-refractivity contribution in [2.75, 3.05) is 4.31 Å². The lowest BCUT2D eigenvalue weighted by molar-refractivity contribution is -0.147. The number of nitrogens with two attached hydrogens (primary N) is 1. The lowest BCUT2D eigenvalue weighted by Crippen LogP contribution is -2.64. The Morgan fingerprint density at radius 1 is 1.10 bits per heavy atom. The lowest BCUT2D eigenvalue weighted by atomic mass is 9.47. The first-order valence-electron chi connectivity index (χ1n) is 10.6. The summed E-state index contributed by atoms with van der Waals surface area (Å²) in [6, 6.07) is 7.05. The molecule has 2 unspecified atom stereocenters. The van der Waals surface area contributed by atoms with Crippen LogP contribution in [0.25, 0.3) is 0 Å². The molecule has 1 aromatic rings. The number of carbonyl (C=O) groups is 2. The third kappa shape index (κ3) is 2.99. The van der Waals surface area contributed by atoms with Crippen molar-refractivity contribution in [1.29, 1.82) is 0 Å². The molecule has 0 radical (unpaired) electrons. The maximum absolute atomic E-state index is 13.4. The van der Waals surface area contributed by atoms with Gasteiger partial charge in [-0.25, -0.2) is 8.42 Å². The van der Waals surface area contributed by atoms with Crippen LogP contribution in [0, 0.1) is 23.2 Å². The Bertz CT molecular complexity index is 968. The van der Waals surface area contributed by atoms with E-state index in [0.717, 1.165) is 32.1 Å². The summed E-state index contributed by atoms with van der Waals surface area (Å²) in [4.78, 5) is 25.6. The lowest BCUT2D eigenvalue weighted by Gasteiger charge is -2.59. The van der Waals surface area contributed by atoms with Gasteiger partial charge in [-0.05, 0) is 90.8 Å². The molecule has 4 bridgehead atoms. The molecule has 0 spiro atoms. The van der Waals surface area contributed by atoms with E-state index in [1.165, 1.54) is 4.31 Å². The fourth-order valence-electron chi connectivity index (χ4n) is 6.60. The molecule has 30 heavy (non-hydrogen) atoms. The number of thiol groups is 1. The van der Waals surface area contributed by atoms with Crippen molar-refractivity contribution < 1.29 is 18.0 Å². The third-order valence-corrected chi connectivity index (χ3v) is 9.48. The number of nitrogens with one attached hydrogen (secondary N) is 1. The molecular formula is C21H26BrN3O4S. The highest BCUT2D eigenvalue weighted by molar-refractivity contribution is 9.10. The zero-order valence-corrected chi connectivity index (χ0v) is 19.0. The number of carbonyl (C=O) groups excluding carboxylic acids is 2. The average Bonchev–Trinajstić information content (AvgIpc) is 3.47. The van der Waals surface area contributed by atoms with E-state index in [1.54, 1.807) is 18.2 Å². The van der Waals surface area contributed by atoms with Gasteiger partial charge in [0, 0.05) is 15.9 Å². The zero-order chi connectivity index (χ0) is 21.3. The summed E-state index contributed by atoms with van der Waals surface area (Å²) in [7, 11) is -2.98. The molecule has 2 atom stereocenters. The SMILES string of the molecule is NC(=O)C12CC3CC(C1)C(NC(=O)C1(N(c4ccccc4Br)[SH](=O)=O)CC1)C(C3)C2. The second kappa shape index (κ2) is 6.95. The minimum Gasteiger partial charge on any atom is -0.369 e. The van der Waals surface area contributed by atoms with E-state index < -0.39 is 21.8 Å². The average molecular weight is 496 g/mol. The molecule has 2 amide bonds. The van der Waals surface area contributed by atoms with Gasteiger partial charge in [-0.3, -0.25) is 13.9 Å². The number of rotatable bonds is 6. The summed E-state index contributed by atoms with van der Waals surface area (Å²) in [6.45, 7) is 0. The summed E-state index contributed by atoms with van der Waals surface area (Å²) in [5, 5.41) is 3.23. The molecule has 1 aromatic carbocycles. The highest BCUT2D eigenvalue weighted by Crippen LogP contribution is 2.60. The second-order valence-corrected chi connectivity index (χ2v) is 11.4. The molecule has 9 heteroatoms. The van der Waals surface area contributed by atoms with Crippen molar-refractivity contribution >= 4 is 44.3 Å². The number of halogens is 1. The molecule has 0 heterocycles. The third-order valence-electron chi connectivity index (χ3n) is 7.89. The zero-order valence-electron chi connectivity index (χ0n) is 16.6. The van der Waals surface area contributed by atoms with E-state index in [4.69, 9.17) is 5.73 Å². The van der Waals surface area contributed by atoms with E-state index in [1.807, 2.05) is 6.07 Å². The van der Waals surface area contributed by atoms with E-state index in [-0.39, 0.29) is 29.7 Å². The number of para-hydroxylation sites is 1. The number of hydrogen-bond acceptors (Lipinski definition) is 4. The Hall–Kier alpha value is -1.61. The summed E-state index contributed by atoms with van der Waals surface area (Å²) in [6.07, 6.45) is 5.36. The van der Waals surface area contributed by atoms with Crippen LogP contribution in [-0.4, -0.2) is 31.8 Å². The van der Waals surface area contributed by atoms with Crippen molar-refractivity contribution in [3.8, 4) is 0 Å². The highest BCUT2D eigenvalue weighted by atomic mass is 79.9. The standard InChI is InChI=1S/C21H26BrN3O4S/c22-15-3-1-2-4-16(15)25(30(28)29)21(5-6-21)19(27)24-17-13-7-12-8-14(17)11-20(9-12,10-13)18(23)26/h1-4,12-14,17,30H,5-11H2,(H2,23,26)(H,24,27). The van der Waals surface area contributed by atoms with Gasteiger partial charge in [-0.15, -0.1) is 0 Å². The van der Waals surface area contributed by atoms with E-state index in [0.29, 0.717) is 28.9 Å². The van der Waals surface area contributed by atoms with Gasteiger partial charge >= 0.3 is 0 Å².